The Bertz CT molecular complexity index is 1150. The van der Waals surface area contributed by atoms with Crippen molar-refractivity contribution in [2.24, 2.45) is 7.05 Å². The molecule has 4 rings (SSSR count). The Labute approximate surface area is 174 Å². The van der Waals surface area contributed by atoms with Crippen molar-refractivity contribution in [3.63, 3.8) is 0 Å². The second-order valence-corrected chi connectivity index (χ2v) is 7.77. The molecule has 0 aliphatic carbocycles. The van der Waals surface area contributed by atoms with Gasteiger partial charge in [-0.05, 0) is 42.5 Å². The van der Waals surface area contributed by atoms with E-state index in [-0.39, 0.29) is 0 Å². The van der Waals surface area contributed by atoms with Crippen LogP contribution in [0, 0.1) is 6.92 Å². The van der Waals surface area contributed by atoms with Gasteiger partial charge in [0, 0.05) is 48.4 Å². The molecule has 0 amide bonds. The molecule has 7 heteroatoms. The maximum absolute atomic E-state index is 4.66. The number of fused-ring (bicyclic) bond motifs is 1. The minimum absolute atomic E-state index is 0.561. The third-order valence-corrected chi connectivity index (χ3v) is 5.61. The van der Waals surface area contributed by atoms with E-state index in [2.05, 4.69) is 81.3 Å². The zero-order valence-corrected chi connectivity index (χ0v) is 17.8. The molecule has 6 nitrogen and oxygen atoms in total. The molecule has 0 fully saturated rings. The van der Waals surface area contributed by atoms with Crippen LogP contribution in [0.15, 0.2) is 48.7 Å². The van der Waals surface area contributed by atoms with Crippen LogP contribution in [0.2, 0.25) is 0 Å². The van der Waals surface area contributed by atoms with Crippen LogP contribution in [0.3, 0.4) is 0 Å². The maximum atomic E-state index is 4.66. The Balaban J connectivity index is 1.62. The van der Waals surface area contributed by atoms with E-state index >= 15 is 0 Å². The highest BCUT2D eigenvalue weighted by Crippen LogP contribution is 2.30. The number of anilines is 3. The molecule has 2 N–H and O–H groups in total. The second kappa shape index (κ2) is 8.13. The van der Waals surface area contributed by atoms with E-state index in [9.17, 15) is 0 Å². The molecular formula is C22H24N6S. The van der Waals surface area contributed by atoms with Crippen LogP contribution in [0.25, 0.3) is 22.0 Å². The van der Waals surface area contributed by atoms with Crippen molar-refractivity contribution in [2.45, 2.75) is 12.7 Å². The van der Waals surface area contributed by atoms with Crippen LogP contribution < -0.4 is 10.6 Å². The molecule has 0 saturated heterocycles. The molecule has 29 heavy (non-hydrogen) atoms. The molecule has 148 valence electrons. The number of hydrogen-bond acceptors (Lipinski definition) is 6. The average Bonchev–Trinajstić information content (AvgIpc) is 3.02. The third kappa shape index (κ3) is 3.91. The summed E-state index contributed by atoms with van der Waals surface area (Å²) >= 11 is 1.81. The number of aromatic nitrogens is 4. The van der Waals surface area contributed by atoms with Crippen LogP contribution in [-0.4, -0.2) is 33.1 Å². The van der Waals surface area contributed by atoms with Crippen molar-refractivity contribution >= 4 is 40.1 Å². The van der Waals surface area contributed by atoms with E-state index in [4.69, 9.17) is 0 Å². The fourth-order valence-corrected chi connectivity index (χ4v) is 3.85. The Kier molecular flexibility index (Phi) is 5.40. The Morgan fingerprint density at radius 3 is 2.62 bits per heavy atom. The second-order valence-electron chi connectivity index (χ2n) is 6.90. The van der Waals surface area contributed by atoms with Gasteiger partial charge in [0.05, 0.1) is 5.52 Å². The van der Waals surface area contributed by atoms with Gasteiger partial charge in [0.1, 0.15) is 5.82 Å². The van der Waals surface area contributed by atoms with Gasteiger partial charge in [-0.2, -0.15) is 21.8 Å². The summed E-state index contributed by atoms with van der Waals surface area (Å²) in [6, 6.07) is 14.6. The van der Waals surface area contributed by atoms with Crippen molar-refractivity contribution in [3.8, 4) is 11.1 Å². The highest BCUT2D eigenvalue weighted by atomic mass is 32.2. The molecule has 2 aromatic heterocycles. The van der Waals surface area contributed by atoms with Gasteiger partial charge in [0.25, 0.3) is 0 Å². The summed E-state index contributed by atoms with van der Waals surface area (Å²) < 4.78 is 1.90. The van der Waals surface area contributed by atoms with Crippen molar-refractivity contribution in [1.29, 1.82) is 0 Å². The topological polar surface area (TPSA) is 67.7 Å². The molecule has 4 aromatic rings. The number of benzene rings is 2. The van der Waals surface area contributed by atoms with Crippen molar-refractivity contribution in [2.75, 3.05) is 23.9 Å². The molecule has 0 spiro atoms. The molecule has 0 unspecified atom stereocenters. The number of nitrogens with one attached hydrogen (secondary N) is 2. The van der Waals surface area contributed by atoms with Crippen LogP contribution in [0.5, 0.6) is 0 Å². The predicted octanol–water partition coefficient (Wildman–Crippen LogP) is 4.99. The molecular weight excluding hydrogens is 380 g/mol. The highest BCUT2D eigenvalue weighted by Gasteiger charge is 2.12. The quantitative estimate of drug-likeness (QED) is 0.472. The molecule has 0 aliphatic heterocycles. The fraction of sp³-hybridized carbons (Fsp3) is 0.227. The summed E-state index contributed by atoms with van der Waals surface area (Å²) in [5, 5.41) is 12.2. The minimum atomic E-state index is 0.561. The van der Waals surface area contributed by atoms with Crippen LogP contribution >= 0.6 is 11.8 Å². The molecule has 2 heterocycles. The Hall–Kier alpha value is -3.06. The highest BCUT2D eigenvalue weighted by molar-refractivity contribution is 7.97. The van der Waals surface area contributed by atoms with Gasteiger partial charge >= 0.3 is 0 Å². The predicted molar refractivity (Wildman–Crippen MR) is 123 cm³/mol. The largest absolute Gasteiger partial charge is 0.372 e. The van der Waals surface area contributed by atoms with E-state index in [0.717, 1.165) is 45.0 Å². The molecule has 0 atom stereocenters. The van der Waals surface area contributed by atoms with Crippen molar-refractivity contribution in [3.05, 3.63) is 59.9 Å². The first-order valence-electron chi connectivity index (χ1n) is 9.42. The van der Waals surface area contributed by atoms with Crippen molar-refractivity contribution < 1.29 is 0 Å². The number of thioether (sulfide) groups is 1. The van der Waals surface area contributed by atoms with Crippen LogP contribution in [0.1, 0.15) is 11.3 Å². The first-order chi connectivity index (χ1) is 14.1. The summed E-state index contributed by atoms with van der Waals surface area (Å²) in [4.78, 5) is 9.19. The number of nitrogens with zero attached hydrogens (tertiary/aromatic N) is 4. The van der Waals surface area contributed by atoms with E-state index in [1.54, 1.807) is 0 Å². The average molecular weight is 405 g/mol. The fourth-order valence-electron chi connectivity index (χ4n) is 3.32. The SMILES string of the molecule is CNc1nc(Nc2ccc(CSC)cc2)ncc1-c1ccc2c(C)n(C)nc2c1. The lowest BCUT2D eigenvalue weighted by atomic mass is 10.1. The molecule has 2 aromatic carbocycles. The van der Waals surface area contributed by atoms with Gasteiger partial charge in [0.2, 0.25) is 5.95 Å². The molecule has 0 saturated carbocycles. The van der Waals surface area contributed by atoms with Gasteiger partial charge in [0.15, 0.2) is 0 Å². The number of hydrogen-bond donors (Lipinski definition) is 2. The van der Waals surface area contributed by atoms with E-state index < -0.39 is 0 Å². The van der Waals surface area contributed by atoms with Gasteiger partial charge in [-0.1, -0.05) is 24.3 Å². The summed E-state index contributed by atoms with van der Waals surface area (Å²) in [5.74, 6) is 2.34. The van der Waals surface area contributed by atoms with Gasteiger partial charge < -0.3 is 10.6 Å². The molecule has 0 radical (unpaired) electrons. The van der Waals surface area contributed by atoms with Gasteiger partial charge in [-0.25, -0.2) is 4.98 Å². The first kappa shape index (κ1) is 19.3. The van der Waals surface area contributed by atoms with Gasteiger partial charge in [-0.3, -0.25) is 4.68 Å². The zero-order valence-electron chi connectivity index (χ0n) is 17.0. The number of rotatable bonds is 6. The molecule has 0 aliphatic rings. The van der Waals surface area contributed by atoms with Crippen molar-refractivity contribution in [1.82, 2.24) is 19.7 Å². The number of aryl methyl sites for hydroxylation is 2. The maximum Gasteiger partial charge on any atom is 0.229 e. The van der Waals surface area contributed by atoms with Crippen LogP contribution in [-0.2, 0) is 12.8 Å². The van der Waals surface area contributed by atoms with Gasteiger partial charge in [-0.15, -0.1) is 0 Å². The monoisotopic (exact) mass is 404 g/mol. The third-order valence-electron chi connectivity index (χ3n) is 4.99. The van der Waals surface area contributed by atoms with E-state index in [1.807, 2.05) is 36.7 Å². The Morgan fingerprint density at radius 1 is 1.10 bits per heavy atom. The van der Waals surface area contributed by atoms with E-state index in [0.29, 0.717) is 5.95 Å². The lowest BCUT2D eigenvalue weighted by molar-refractivity contribution is 0.751. The standard InChI is InChI=1S/C22H24N6S/c1-14-18-10-7-16(11-20(18)27-28(14)3)19-12-24-22(26-21(19)23-2)25-17-8-5-15(6-9-17)13-29-4/h5-12H,13H2,1-4H3,(H2,23,24,25,26). The minimum Gasteiger partial charge on any atom is -0.372 e. The zero-order chi connectivity index (χ0) is 20.4. The first-order valence-corrected chi connectivity index (χ1v) is 10.8. The summed E-state index contributed by atoms with van der Waals surface area (Å²) in [6.07, 6.45) is 3.95. The lowest BCUT2D eigenvalue weighted by Gasteiger charge is -2.11. The lowest BCUT2D eigenvalue weighted by Crippen LogP contribution is -2.02. The summed E-state index contributed by atoms with van der Waals surface area (Å²) in [5.41, 5.74) is 6.37. The molecule has 0 bridgehead atoms. The smallest absolute Gasteiger partial charge is 0.229 e. The summed E-state index contributed by atoms with van der Waals surface area (Å²) in [6.45, 7) is 2.07. The Morgan fingerprint density at radius 2 is 1.90 bits per heavy atom. The summed E-state index contributed by atoms with van der Waals surface area (Å²) in [7, 11) is 3.83. The van der Waals surface area contributed by atoms with E-state index in [1.165, 1.54) is 5.56 Å². The van der Waals surface area contributed by atoms with Crippen LogP contribution in [0.4, 0.5) is 17.5 Å². The normalized spacial score (nSPS) is 11.0.